The van der Waals surface area contributed by atoms with Crippen LogP contribution in [0.3, 0.4) is 0 Å². The second-order valence-corrected chi connectivity index (χ2v) is 4.92. The number of alkyl halides is 1. The summed E-state index contributed by atoms with van der Waals surface area (Å²) in [6, 6.07) is 2.26. The molecule has 0 aromatic heterocycles. The van der Waals surface area contributed by atoms with E-state index >= 15 is 0 Å². The van der Waals surface area contributed by atoms with Gasteiger partial charge in [-0.2, -0.15) is 0 Å². The third kappa shape index (κ3) is 2.91. The zero-order valence-electron chi connectivity index (χ0n) is 8.87. The van der Waals surface area contributed by atoms with Crippen LogP contribution >= 0.6 is 15.9 Å². The van der Waals surface area contributed by atoms with Crippen molar-refractivity contribution in [1.82, 2.24) is 0 Å². The van der Waals surface area contributed by atoms with Crippen molar-refractivity contribution < 1.29 is 14.1 Å². The molecule has 0 heterocycles. The highest BCUT2D eigenvalue weighted by Gasteiger charge is 2.19. The van der Waals surface area contributed by atoms with Gasteiger partial charge in [0.1, 0.15) is 0 Å². The molecule has 0 spiro atoms. The molecule has 88 valence electrons. The van der Waals surface area contributed by atoms with E-state index in [2.05, 4.69) is 15.9 Å². The first kappa shape index (κ1) is 12.9. The van der Waals surface area contributed by atoms with Gasteiger partial charge in [0, 0.05) is 10.4 Å². The van der Waals surface area contributed by atoms with Crippen molar-refractivity contribution >= 4 is 21.6 Å². The molecule has 0 amide bonds. The van der Waals surface area contributed by atoms with E-state index in [0.717, 1.165) is 6.07 Å². The molecular formula is C10H11BrFNO3. The lowest BCUT2D eigenvalue weighted by molar-refractivity contribution is -0.385. The van der Waals surface area contributed by atoms with Crippen LogP contribution in [0.2, 0.25) is 0 Å². The van der Waals surface area contributed by atoms with Gasteiger partial charge in [-0.25, -0.2) is 4.39 Å². The summed E-state index contributed by atoms with van der Waals surface area (Å²) < 4.78 is 18.1. The summed E-state index contributed by atoms with van der Waals surface area (Å²) >= 11 is 3.30. The van der Waals surface area contributed by atoms with Gasteiger partial charge in [-0.05, 0) is 12.5 Å². The molecule has 0 saturated heterocycles. The highest BCUT2D eigenvalue weighted by Crippen LogP contribution is 2.29. The minimum absolute atomic E-state index is 0.0220. The SMILES string of the molecule is COc1cc(CC(C)Br)c([N+](=O)[O-])cc1F. The lowest BCUT2D eigenvalue weighted by Gasteiger charge is -2.08. The highest BCUT2D eigenvalue weighted by molar-refractivity contribution is 9.09. The molecule has 1 unspecified atom stereocenters. The fourth-order valence-corrected chi connectivity index (χ4v) is 1.73. The summed E-state index contributed by atoms with van der Waals surface area (Å²) in [6.45, 7) is 1.86. The van der Waals surface area contributed by atoms with Gasteiger partial charge in [0.25, 0.3) is 5.69 Å². The first-order valence-electron chi connectivity index (χ1n) is 4.60. The fourth-order valence-electron chi connectivity index (χ4n) is 1.38. The molecule has 0 aliphatic carbocycles. The third-order valence-electron chi connectivity index (χ3n) is 2.05. The largest absolute Gasteiger partial charge is 0.494 e. The van der Waals surface area contributed by atoms with Gasteiger partial charge in [-0.3, -0.25) is 10.1 Å². The van der Waals surface area contributed by atoms with Gasteiger partial charge < -0.3 is 4.74 Å². The normalized spacial score (nSPS) is 12.2. The van der Waals surface area contributed by atoms with E-state index in [9.17, 15) is 14.5 Å². The maximum atomic E-state index is 13.3. The van der Waals surface area contributed by atoms with E-state index in [4.69, 9.17) is 4.74 Å². The zero-order chi connectivity index (χ0) is 12.3. The minimum atomic E-state index is -0.722. The van der Waals surface area contributed by atoms with Crippen LogP contribution in [-0.2, 0) is 6.42 Å². The number of nitro groups is 1. The van der Waals surface area contributed by atoms with Crippen LogP contribution in [0.15, 0.2) is 12.1 Å². The molecule has 0 aliphatic rings. The van der Waals surface area contributed by atoms with Crippen molar-refractivity contribution in [3.63, 3.8) is 0 Å². The van der Waals surface area contributed by atoms with Crippen LogP contribution in [0.4, 0.5) is 10.1 Å². The van der Waals surface area contributed by atoms with Crippen molar-refractivity contribution in [3.05, 3.63) is 33.6 Å². The molecule has 1 atom stereocenters. The monoisotopic (exact) mass is 291 g/mol. The Balaban J connectivity index is 3.25. The zero-order valence-corrected chi connectivity index (χ0v) is 10.5. The quantitative estimate of drug-likeness (QED) is 0.487. The molecule has 16 heavy (non-hydrogen) atoms. The molecule has 0 saturated carbocycles. The lowest BCUT2D eigenvalue weighted by Crippen LogP contribution is -2.03. The van der Waals surface area contributed by atoms with E-state index in [1.807, 2.05) is 6.92 Å². The number of benzene rings is 1. The maximum absolute atomic E-state index is 13.3. The first-order valence-corrected chi connectivity index (χ1v) is 5.52. The van der Waals surface area contributed by atoms with Crippen LogP contribution < -0.4 is 4.74 Å². The van der Waals surface area contributed by atoms with Crippen LogP contribution in [0.1, 0.15) is 12.5 Å². The number of hydrogen-bond donors (Lipinski definition) is 0. The van der Waals surface area contributed by atoms with E-state index < -0.39 is 10.7 Å². The summed E-state index contributed by atoms with van der Waals surface area (Å²) in [7, 11) is 1.32. The summed E-state index contributed by atoms with van der Waals surface area (Å²) in [5, 5.41) is 10.7. The Labute approximate surface area is 101 Å². The van der Waals surface area contributed by atoms with Gasteiger partial charge in [0.15, 0.2) is 11.6 Å². The second-order valence-electron chi connectivity index (χ2n) is 3.36. The number of ether oxygens (including phenoxy) is 1. The Morgan fingerprint density at radius 2 is 2.25 bits per heavy atom. The molecule has 1 aromatic carbocycles. The Kier molecular flexibility index (Phi) is 4.23. The smallest absolute Gasteiger partial charge is 0.275 e. The average Bonchev–Trinajstić information content (AvgIpc) is 2.19. The summed E-state index contributed by atoms with van der Waals surface area (Å²) in [4.78, 5) is 10.2. The fraction of sp³-hybridized carbons (Fsp3) is 0.400. The molecule has 0 N–H and O–H groups in total. The lowest BCUT2D eigenvalue weighted by atomic mass is 10.1. The van der Waals surface area contributed by atoms with E-state index in [0.29, 0.717) is 12.0 Å². The molecule has 1 aromatic rings. The van der Waals surface area contributed by atoms with Gasteiger partial charge >= 0.3 is 0 Å². The average molecular weight is 292 g/mol. The Morgan fingerprint density at radius 3 is 2.69 bits per heavy atom. The van der Waals surface area contributed by atoms with Gasteiger partial charge in [-0.15, -0.1) is 0 Å². The third-order valence-corrected chi connectivity index (χ3v) is 2.37. The molecule has 0 aliphatic heterocycles. The van der Waals surface area contributed by atoms with Crippen LogP contribution in [0.5, 0.6) is 5.75 Å². The van der Waals surface area contributed by atoms with E-state index in [1.54, 1.807) is 0 Å². The second kappa shape index (κ2) is 5.25. The number of methoxy groups -OCH3 is 1. The highest BCUT2D eigenvalue weighted by atomic mass is 79.9. The van der Waals surface area contributed by atoms with Crippen molar-refractivity contribution in [2.45, 2.75) is 18.2 Å². The van der Waals surface area contributed by atoms with Crippen molar-refractivity contribution in [1.29, 1.82) is 0 Å². The van der Waals surface area contributed by atoms with E-state index in [-0.39, 0.29) is 16.3 Å². The van der Waals surface area contributed by atoms with Crippen LogP contribution in [0, 0.1) is 15.9 Å². The van der Waals surface area contributed by atoms with Crippen LogP contribution in [0.25, 0.3) is 0 Å². The molecule has 4 nitrogen and oxygen atoms in total. The molecule has 1 rings (SSSR count). The number of nitro benzene ring substituents is 1. The van der Waals surface area contributed by atoms with E-state index in [1.165, 1.54) is 13.2 Å². The van der Waals surface area contributed by atoms with Crippen molar-refractivity contribution in [2.75, 3.05) is 7.11 Å². The Morgan fingerprint density at radius 1 is 1.62 bits per heavy atom. The van der Waals surface area contributed by atoms with Crippen LogP contribution in [-0.4, -0.2) is 16.9 Å². The summed E-state index contributed by atoms with van der Waals surface area (Å²) in [6.07, 6.45) is 0.437. The topological polar surface area (TPSA) is 52.4 Å². The molecule has 0 radical (unpaired) electrons. The first-order chi connectivity index (χ1) is 7.45. The summed E-state index contributed by atoms with van der Waals surface area (Å²) in [5.74, 6) is -0.700. The number of rotatable bonds is 4. The number of nitrogens with zero attached hydrogens (tertiary/aromatic N) is 1. The van der Waals surface area contributed by atoms with Gasteiger partial charge in [0.2, 0.25) is 0 Å². The van der Waals surface area contributed by atoms with Crippen molar-refractivity contribution in [2.24, 2.45) is 0 Å². The molecular weight excluding hydrogens is 281 g/mol. The molecule has 6 heteroatoms. The minimum Gasteiger partial charge on any atom is -0.494 e. The standard InChI is InChI=1S/C10H11BrFNO3/c1-6(11)3-7-4-10(16-2)8(12)5-9(7)13(14)15/h4-6H,3H2,1-2H3. The molecule has 0 fully saturated rings. The Hall–Kier alpha value is -1.17. The predicted molar refractivity (Wildman–Crippen MR) is 61.7 cm³/mol. The maximum Gasteiger partial charge on any atom is 0.275 e. The number of hydrogen-bond acceptors (Lipinski definition) is 3. The Bertz CT molecular complexity index is 409. The predicted octanol–water partition coefficient (Wildman–Crippen LogP) is 3.07. The van der Waals surface area contributed by atoms with Gasteiger partial charge in [0.05, 0.1) is 18.1 Å². The molecule has 0 bridgehead atoms. The number of halogens is 2. The summed E-state index contributed by atoms with van der Waals surface area (Å²) in [5.41, 5.74) is 0.234. The van der Waals surface area contributed by atoms with Gasteiger partial charge in [-0.1, -0.05) is 22.9 Å². The van der Waals surface area contributed by atoms with Crippen molar-refractivity contribution in [3.8, 4) is 5.75 Å².